The number of hydrogen-bond donors (Lipinski definition) is 1. The average molecular weight is 212 g/mol. The summed E-state index contributed by atoms with van der Waals surface area (Å²) in [6, 6.07) is 0. The summed E-state index contributed by atoms with van der Waals surface area (Å²) in [5, 5.41) is 10.3. The highest BCUT2D eigenvalue weighted by Crippen LogP contribution is 2.36. The van der Waals surface area contributed by atoms with Crippen molar-refractivity contribution < 1.29 is 9.84 Å². The molecular weight excluding hydrogens is 188 g/mol. The predicted octanol–water partition coefficient (Wildman–Crippen LogP) is 2.60. The standard InChI is InChI=1S/C13H24O2/c1-2-10-4-3-5-11(8-10)13(14)12-6-7-15-9-12/h10-14H,2-9H2,1H3. The summed E-state index contributed by atoms with van der Waals surface area (Å²) in [4.78, 5) is 0. The number of aliphatic hydroxyl groups is 1. The van der Waals surface area contributed by atoms with Gasteiger partial charge in [0, 0.05) is 12.5 Å². The molecule has 1 saturated heterocycles. The van der Waals surface area contributed by atoms with Crippen molar-refractivity contribution in [2.24, 2.45) is 17.8 Å². The summed E-state index contributed by atoms with van der Waals surface area (Å²) >= 11 is 0. The van der Waals surface area contributed by atoms with Crippen LogP contribution in [0, 0.1) is 17.8 Å². The molecule has 2 rings (SSSR count). The van der Waals surface area contributed by atoms with Gasteiger partial charge in [-0.05, 0) is 31.1 Å². The van der Waals surface area contributed by atoms with Crippen LogP contribution in [0.3, 0.4) is 0 Å². The second-order valence-corrected chi connectivity index (χ2v) is 5.32. The Balaban J connectivity index is 1.85. The van der Waals surface area contributed by atoms with Crippen LogP contribution in [0.1, 0.15) is 45.4 Å². The van der Waals surface area contributed by atoms with Crippen molar-refractivity contribution in [3.8, 4) is 0 Å². The van der Waals surface area contributed by atoms with Gasteiger partial charge in [0.15, 0.2) is 0 Å². The molecule has 15 heavy (non-hydrogen) atoms. The van der Waals surface area contributed by atoms with Crippen molar-refractivity contribution in [2.75, 3.05) is 13.2 Å². The third-order valence-corrected chi connectivity index (χ3v) is 4.33. The maximum atomic E-state index is 10.3. The predicted molar refractivity (Wildman–Crippen MR) is 60.7 cm³/mol. The Morgan fingerprint density at radius 3 is 2.80 bits per heavy atom. The number of ether oxygens (including phenoxy) is 1. The first-order valence-electron chi connectivity index (χ1n) is 6.57. The molecule has 4 atom stereocenters. The van der Waals surface area contributed by atoms with Crippen molar-refractivity contribution in [2.45, 2.75) is 51.6 Å². The van der Waals surface area contributed by atoms with Gasteiger partial charge in [-0.25, -0.2) is 0 Å². The quantitative estimate of drug-likeness (QED) is 0.779. The van der Waals surface area contributed by atoms with E-state index in [1.54, 1.807) is 0 Å². The zero-order chi connectivity index (χ0) is 10.7. The van der Waals surface area contributed by atoms with E-state index in [2.05, 4.69) is 6.92 Å². The van der Waals surface area contributed by atoms with Crippen molar-refractivity contribution in [3.05, 3.63) is 0 Å². The van der Waals surface area contributed by atoms with Crippen LogP contribution in [-0.4, -0.2) is 24.4 Å². The van der Waals surface area contributed by atoms with Crippen LogP contribution in [-0.2, 0) is 4.74 Å². The van der Waals surface area contributed by atoms with E-state index in [1.165, 1.54) is 32.1 Å². The van der Waals surface area contributed by atoms with Crippen molar-refractivity contribution >= 4 is 0 Å². The van der Waals surface area contributed by atoms with Crippen molar-refractivity contribution in [1.29, 1.82) is 0 Å². The lowest BCUT2D eigenvalue weighted by atomic mass is 9.75. The molecule has 4 unspecified atom stereocenters. The molecule has 1 aliphatic heterocycles. The maximum absolute atomic E-state index is 10.3. The molecule has 2 aliphatic rings. The fourth-order valence-corrected chi connectivity index (χ4v) is 3.22. The minimum absolute atomic E-state index is 0.0955. The largest absolute Gasteiger partial charge is 0.392 e. The number of hydrogen-bond acceptors (Lipinski definition) is 2. The molecule has 0 aromatic rings. The van der Waals surface area contributed by atoms with Gasteiger partial charge in [0.1, 0.15) is 0 Å². The Labute approximate surface area is 93.0 Å². The zero-order valence-electron chi connectivity index (χ0n) is 9.82. The van der Waals surface area contributed by atoms with Gasteiger partial charge in [-0.15, -0.1) is 0 Å². The Morgan fingerprint density at radius 2 is 2.13 bits per heavy atom. The van der Waals surface area contributed by atoms with E-state index in [4.69, 9.17) is 4.74 Å². The topological polar surface area (TPSA) is 29.5 Å². The SMILES string of the molecule is CCC1CCCC(C(O)C2CCOC2)C1. The van der Waals surface area contributed by atoms with Gasteiger partial charge in [0.05, 0.1) is 12.7 Å². The van der Waals surface area contributed by atoms with Gasteiger partial charge in [0.25, 0.3) is 0 Å². The second-order valence-electron chi connectivity index (χ2n) is 5.32. The van der Waals surface area contributed by atoms with Gasteiger partial charge < -0.3 is 9.84 Å². The molecule has 1 saturated carbocycles. The highest BCUT2D eigenvalue weighted by molar-refractivity contribution is 4.83. The fourth-order valence-electron chi connectivity index (χ4n) is 3.22. The molecule has 1 N–H and O–H groups in total. The lowest BCUT2D eigenvalue weighted by Crippen LogP contribution is -2.33. The molecule has 0 aromatic carbocycles. The average Bonchev–Trinajstić information content (AvgIpc) is 2.81. The molecule has 0 aromatic heterocycles. The summed E-state index contributed by atoms with van der Waals surface area (Å²) in [7, 11) is 0. The van der Waals surface area contributed by atoms with E-state index in [1.807, 2.05) is 0 Å². The second kappa shape index (κ2) is 5.31. The fraction of sp³-hybridized carbons (Fsp3) is 1.00. The highest BCUT2D eigenvalue weighted by atomic mass is 16.5. The molecule has 0 bridgehead atoms. The normalized spacial score (nSPS) is 39.2. The molecule has 0 amide bonds. The minimum Gasteiger partial charge on any atom is -0.392 e. The van der Waals surface area contributed by atoms with E-state index < -0.39 is 0 Å². The van der Waals surface area contributed by atoms with Crippen LogP contribution < -0.4 is 0 Å². The smallest absolute Gasteiger partial charge is 0.0619 e. The first kappa shape index (κ1) is 11.4. The first-order valence-corrected chi connectivity index (χ1v) is 6.57. The van der Waals surface area contributed by atoms with E-state index >= 15 is 0 Å². The van der Waals surface area contributed by atoms with Crippen LogP contribution in [0.2, 0.25) is 0 Å². The Kier molecular flexibility index (Phi) is 4.04. The molecule has 2 heteroatoms. The third-order valence-electron chi connectivity index (χ3n) is 4.33. The minimum atomic E-state index is -0.0955. The Morgan fingerprint density at radius 1 is 1.27 bits per heavy atom. The van der Waals surface area contributed by atoms with Gasteiger partial charge >= 0.3 is 0 Å². The molecule has 0 radical (unpaired) electrons. The number of rotatable bonds is 3. The summed E-state index contributed by atoms with van der Waals surface area (Å²) in [6.45, 7) is 3.91. The first-order chi connectivity index (χ1) is 7.31. The molecule has 1 heterocycles. The molecule has 2 nitrogen and oxygen atoms in total. The van der Waals surface area contributed by atoms with E-state index in [9.17, 15) is 5.11 Å². The molecule has 2 fully saturated rings. The molecule has 0 spiro atoms. The van der Waals surface area contributed by atoms with Gasteiger partial charge in [-0.3, -0.25) is 0 Å². The van der Waals surface area contributed by atoms with Crippen LogP contribution in [0.15, 0.2) is 0 Å². The Hall–Kier alpha value is -0.0800. The lowest BCUT2D eigenvalue weighted by Gasteiger charge is -2.33. The molecular formula is C13H24O2. The van der Waals surface area contributed by atoms with Crippen LogP contribution >= 0.6 is 0 Å². The van der Waals surface area contributed by atoms with E-state index in [-0.39, 0.29) is 6.10 Å². The monoisotopic (exact) mass is 212 g/mol. The Bertz CT molecular complexity index is 187. The molecule has 88 valence electrons. The maximum Gasteiger partial charge on any atom is 0.0619 e. The summed E-state index contributed by atoms with van der Waals surface area (Å²) < 4.78 is 5.36. The highest BCUT2D eigenvalue weighted by Gasteiger charge is 2.33. The van der Waals surface area contributed by atoms with Gasteiger partial charge in [0.2, 0.25) is 0 Å². The third kappa shape index (κ3) is 2.73. The lowest BCUT2D eigenvalue weighted by molar-refractivity contribution is 0.0175. The van der Waals surface area contributed by atoms with Gasteiger partial charge in [-0.1, -0.05) is 26.2 Å². The van der Waals surface area contributed by atoms with Crippen LogP contribution in [0.4, 0.5) is 0 Å². The zero-order valence-corrected chi connectivity index (χ0v) is 9.82. The van der Waals surface area contributed by atoms with Gasteiger partial charge in [-0.2, -0.15) is 0 Å². The molecule has 1 aliphatic carbocycles. The summed E-state index contributed by atoms with van der Waals surface area (Å²) in [6.07, 6.45) is 7.41. The number of aliphatic hydroxyl groups excluding tert-OH is 1. The summed E-state index contributed by atoms with van der Waals surface area (Å²) in [5.74, 6) is 1.83. The van der Waals surface area contributed by atoms with Crippen LogP contribution in [0.5, 0.6) is 0 Å². The van der Waals surface area contributed by atoms with Crippen LogP contribution in [0.25, 0.3) is 0 Å². The van der Waals surface area contributed by atoms with E-state index in [0.29, 0.717) is 11.8 Å². The van der Waals surface area contributed by atoms with Crippen molar-refractivity contribution in [3.63, 3.8) is 0 Å². The van der Waals surface area contributed by atoms with Crippen molar-refractivity contribution in [1.82, 2.24) is 0 Å². The van der Waals surface area contributed by atoms with E-state index in [0.717, 1.165) is 25.6 Å². The summed E-state index contributed by atoms with van der Waals surface area (Å²) in [5.41, 5.74) is 0.